The van der Waals surface area contributed by atoms with E-state index in [2.05, 4.69) is 72.0 Å². The standard InChI is InChI=1S/C38H43ClF3N7O4/c1-37(2,23-50)22-46-34(51)28-11-13-30(14-12-28)48-35(43-3)49-36(47-25-52-24-38(40,41)42)45-21-26-9-16-33(32(39)19-26)53-18-6-17-44-31-15-10-27-7-4-5-8-29(27)20-31/h4-5,7-16,19-20,44,50H,3,6,17-18,21-25H2,1-2H3,(H,46,51)(H2,45,47,48,49). The predicted molar refractivity (Wildman–Crippen MR) is 205 cm³/mol. The van der Waals surface area contributed by atoms with Gasteiger partial charge in [-0.2, -0.15) is 18.2 Å². The zero-order valence-electron chi connectivity index (χ0n) is 29.5. The summed E-state index contributed by atoms with van der Waals surface area (Å²) in [5, 5.41) is 23.9. The van der Waals surface area contributed by atoms with Crippen molar-refractivity contribution < 1.29 is 32.5 Å². The van der Waals surface area contributed by atoms with E-state index in [1.807, 2.05) is 32.0 Å². The van der Waals surface area contributed by atoms with Crippen LogP contribution in [0.4, 0.5) is 24.5 Å². The molecule has 53 heavy (non-hydrogen) atoms. The van der Waals surface area contributed by atoms with Crippen LogP contribution in [0, 0.1) is 5.41 Å². The van der Waals surface area contributed by atoms with Crippen LogP contribution in [0.2, 0.25) is 5.02 Å². The van der Waals surface area contributed by atoms with Crippen molar-refractivity contribution in [3.05, 3.63) is 101 Å². The number of rotatable bonds is 16. The van der Waals surface area contributed by atoms with Gasteiger partial charge in [-0.05, 0) is 78.0 Å². The van der Waals surface area contributed by atoms with Crippen LogP contribution in [-0.4, -0.2) is 75.5 Å². The first-order valence-electron chi connectivity index (χ1n) is 16.7. The number of nitrogens with one attached hydrogen (secondary N) is 4. The van der Waals surface area contributed by atoms with Gasteiger partial charge in [-0.25, -0.2) is 9.98 Å². The number of hydrogen-bond acceptors (Lipinski definition) is 6. The first kappa shape index (κ1) is 40.6. The number of fused-ring (bicyclic) bond motifs is 1. The van der Waals surface area contributed by atoms with Crippen molar-refractivity contribution in [3.63, 3.8) is 0 Å². The van der Waals surface area contributed by atoms with Crippen molar-refractivity contribution in [1.82, 2.24) is 10.6 Å². The van der Waals surface area contributed by atoms with E-state index in [1.54, 1.807) is 42.5 Å². The summed E-state index contributed by atoms with van der Waals surface area (Å²) in [5.74, 6) is 0.0868. The van der Waals surface area contributed by atoms with Gasteiger partial charge in [0.15, 0.2) is 0 Å². The Kier molecular flexibility index (Phi) is 15.0. The second-order valence-corrected chi connectivity index (χ2v) is 13.1. The van der Waals surface area contributed by atoms with Gasteiger partial charge in [-0.1, -0.05) is 61.8 Å². The minimum atomic E-state index is -4.51. The molecule has 0 heterocycles. The van der Waals surface area contributed by atoms with Gasteiger partial charge >= 0.3 is 6.18 Å². The Morgan fingerprint density at radius 3 is 2.36 bits per heavy atom. The number of anilines is 2. The summed E-state index contributed by atoms with van der Waals surface area (Å²) in [5.41, 5.74) is 2.14. The molecule has 5 N–H and O–H groups in total. The second kappa shape index (κ2) is 19.6. The van der Waals surface area contributed by atoms with Crippen molar-refractivity contribution >= 4 is 58.3 Å². The predicted octanol–water partition coefficient (Wildman–Crippen LogP) is 7.27. The third-order valence-corrected chi connectivity index (χ3v) is 7.88. The molecular weight excluding hydrogens is 711 g/mol. The van der Waals surface area contributed by atoms with E-state index in [1.165, 1.54) is 5.39 Å². The quantitative estimate of drug-likeness (QED) is 0.0351. The highest BCUT2D eigenvalue weighted by atomic mass is 35.5. The van der Waals surface area contributed by atoms with Gasteiger partial charge in [0, 0.05) is 42.0 Å². The smallest absolute Gasteiger partial charge is 0.411 e. The lowest BCUT2D eigenvalue weighted by Crippen LogP contribution is -2.36. The zero-order valence-corrected chi connectivity index (χ0v) is 30.2. The molecule has 0 aliphatic carbocycles. The van der Waals surface area contributed by atoms with Crippen molar-refractivity contribution in [3.8, 4) is 5.75 Å². The fourth-order valence-corrected chi connectivity index (χ4v) is 4.90. The van der Waals surface area contributed by atoms with E-state index in [0.29, 0.717) is 40.7 Å². The zero-order chi connectivity index (χ0) is 38.3. The number of aliphatic hydroxyl groups is 1. The van der Waals surface area contributed by atoms with Gasteiger partial charge in [-0.3, -0.25) is 4.79 Å². The molecule has 15 heteroatoms. The number of carbonyl (C=O) groups is 1. The highest BCUT2D eigenvalue weighted by Crippen LogP contribution is 2.26. The summed E-state index contributed by atoms with van der Waals surface area (Å²) in [4.78, 5) is 25.1. The minimum absolute atomic E-state index is 0.0224. The number of guanidine groups is 2. The molecular formula is C38H43ClF3N7O4. The Bertz CT molecular complexity index is 1890. The van der Waals surface area contributed by atoms with Crippen molar-refractivity contribution in [2.45, 2.75) is 33.0 Å². The third-order valence-electron chi connectivity index (χ3n) is 7.58. The number of halogens is 4. The lowest BCUT2D eigenvalue weighted by atomic mass is 9.95. The number of benzene rings is 4. The van der Waals surface area contributed by atoms with Crippen LogP contribution in [0.5, 0.6) is 5.75 Å². The number of alkyl halides is 3. The Labute approximate surface area is 311 Å². The average molecular weight is 754 g/mol. The Morgan fingerprint density at radius 2 is 1.66 bits per heavy atom. The second-order valence-electron chi connectivity index (χ2n) is 12.7. The summed E-state index contributed by atoms with van der Waals surface area (Å²) < 4.78 is 48.5. The molecule has 0 aliphatic heterocycles. The molecule has 0 aliphatic rings. The molecule has 4 rings (SSSR count). The monoisotopic (exact) mass is 753 g/mol. The molecule has 0 spiro atoms. The molecule has 0 bridgehead atoms. The van der Waals surface area contributed by atoms with Gasteiger partial charge in [0.1, 0.15) is 19.1 Å². The summed E-state index contributed by atoms with van der Waals surface area (Å²) in [7, 11) is 0. The number of aliphatic imine (C=N–C) groups is 3. The number of carbonyl (C=O) groups excluding carboxylic acids is 1. The molecule has 11 nitrogen and oxygen atoms in total. The molecule has 282 valence electrons. The van der Waals surface area contributed by atoms with E-state index in [-0.39, 0.29) is 37.5 Å². The van der Waals surface area contributed by atoms with Crippen LogP contribution in [0.25, 0.3) is 10.8 Å². The number of hydrogen-bond donors (Lipinski definition) is 5. The fourth-order valence-electron chi connectivity index (χ4n) is 4.64. The van der Waals surface area contributed by atoms with Gasteiger partial charge in [0.25, 0.3) is 5.91 Å². The first-order valence-corrected chi connectivity index (χ1v) is 17.1. The summed E-state index contributed by atoms with van der Waals surface area (Å²) in [6, 6.07) is 26.0. The topological polar surface area (TPSA) is 141 Å². The van der Waals surface area contributed by atoms with Crippen molar-refractivity contribution in [2.24, 2.45) is 20.4 Å². The molecule has 4 aromatic rings. The van der Waals surface area contributed by atoms with Crippen LogP contribution >= 0.6 is 11.6 Å². The minimum Gasteiger partial charge on any atom is -0.492 e. The molecule has 0 saturated carbocycles. The van der Waals surface area contributed by atoms with Gasteiger partial charge in [0.05, 0.1) is 18.2 Å². The van der Waals surface area contributed by atoms with Gasteiger partial charge in [0.2, 0.25) is 11.9 Å². The van der Waals surface area contributed by atoms with Crippen LogP contribution in [0.3, 0.4) is 0 Å². The van der Waals surface area contributed by atoms with Gasteiger partial charge in [-0.15, -0.1) is 0 Å². The molecule has 0 aromatic heterocycles. The molecule has 0 unspecified atom stereocenters. The number of amides is 1. The van der Waals surface area contributed by atoms with Crippen LogP contribution in [0.1, 0.15) is 36.2 Å². The fraction of sp³-hybridized carbons (Fsp3) is 0.316. The summed E-state index contributed by atoms with van der Waals surface area (Å²) >= 11 is 6.50. The molecule has 4 aromatic carbocycles. The van der Waals surface area contributed by atoms with Crippen LogP contribution in [-0.2, 0) is 11.3 Å². The molecule has 0 radical (unpaired) electrons. The SMILES string of the molecule is C=N/C(=N\C(=NCc1ccc(OCCCNc2ccc3ccccc3c2)c(Cl)c1)NCOCC(F)(F)F)Nc1ccc(C(=O)NCC(C)(C)CO)cc1. The van der Waals surface area contributed by atoms with Crippen LogP contribution < -0.4 is 26.0 Å². The van der Waals surface area contributed by atoms with Crippen molar-refractivity contribution in [1.29, 1.82) is 0 Å². The lowest BCUT2D eigenvalue weighted by Gasteiger charge is -2.21. The first-order chi connectivity index (χ1) is 25.3. The Hall–Kier alpha value is -5.18. The van der Waals surface area contributed by atoms with E-state index in [0.717, 1.165) is 17.5 Å². The summed E-state index contributed by atoms with van der Waals surface area (Å²) in [6.07, 6.45) is -3.78. The van der Waals surface area contributed by atoms with Gasteiger partial charge < -0.3 is 35.8 Å². The molecule has 1 amide bonds. The Balaban J connectivity index is 1.34. The van der Waals surface area contributed by atoms with E-state index >= 15 is 0 Å². The van der Waals surface area contributed by atoms with E-state index in [4.69, 9.17) is 16.3 Å². The third kappa shape index (κ3) is 14.0. The molecule has 0 atom stereocenters. The maximum atomic E-state index is 12.6. The maximum Gasteiger partial charge on any atom is 0.411 e. The van der Waals surface area contributed by atoms with Crippen LogP contribution in [0.15, 0.2) is 99.9 Å². The number of nitrogens with zero attached hydrogens (tertiary/aromatic N) is 3. The maximum absolute atomic E-state index is 12.6. The summed E-state index contributed by atoms with van der Waals surface area (Å²) in [6.45, 7) is 6.58. The molecule has 0 saturated heterocycles. The average Bonchev–Trinajstić information content (AvgIpc) is 3.14. The van der Waals surface area contributed by atoms with E-state index < -0.39 is 24.9 Å². The number of ether oxygens (including phenoxy) is 2. The highest BCUT2D eigenvalue weighted by molar-refractivity contribution is 6.32. The van der Waals surface area contributed by atoms with Crippen molar-refractivity contribution in [2.75, 3.05) is 50.3 Å². The largest absolute Gasteiger partial charge is 0.492 e. The number of aliphatic hydroxyl groups excluding tert-OH is 1. The lowest BCUT2D eigenvalue weighted by molar-refractivity contribution is -0.174. The molecule has 0 fully saturated rings. The van der Waals surface area contributed by atoms with E-state index in [9.17, 15) is 23.1 Å². The Morgan fingerprint density at radius 1 is 0.925 bits per heavy atom. The highest BCUT2D eigenvalue weighted by Gasteiger charge is 2.27. The normalized spacial score (nSPS) is 12.4.